The first kappa shape index (κ1) is 22.2. The number of hydrogen-bond donors (Lipinski definition) is 2. The van der Waals surface area contributed by atoms with Gasteiger partial charge in [-0.1, -0.05) is 28.1 Å². The number of nitrogens with one attached hydrogen (secondary N) is 2. The molecule has 1 aliphatic rings. The van der Waals surface area contributed by atoms with E-state index < -0.39 is 0 Å². The number of aliphatic imine (C=N–C) groups is 1. The van der Waals surface area contributed by atoms with E-state index in [1.54, 1.807) is 7.11 Å². The van der Waals surface area contributed by atoms with Crippen molar-refractivity contribution in [2.45, 2.75) is 45.1 Å². The molecule has 1 saturated heterocycles. The zero-order valence-corrected chi connectivity index (χ0v) is 18.4. The SMILES string of the molecule is CCNC(=NCCCc1cccc(Br)c1)NC1CCN(CCCOC)CC1. The van der Waals surface area contributed by atoms with E-state index in [2.05, 4.69) is 62.7 Å². The Morgan fingerprint density at radius 2 is 2.11 bits per heavy atom. The Labute approximate surface area is 173 Å². The smallest absolute Gasteiger partial charge is 0.191 e. The average molecular weight is 439 g/mol. The number of piperidine rings is 1. The molecule has 152 valence electrons. The lowest BCUT2D eigenvalue weighted by atomic mass is 10.1. The molecule has 2 rings (SSSR count). The molecular weight excluding hydrogens is 404 g/mol. The third-order valence-corrected chi connectivity index (χ3v) is 5.37. The van der Waals surface area contributed by atoms with E-state index in [4.69, 9.17) is 9.73 Å². The highest BCUT2D eigenvalue weighted by Crippen LogP contribution is 2.13. The van der Waals surface area contributed by atoms with Crippen LogP contribution >= 0.6 is 15.9 Å². The Morgan fingerprint density at radius 1 is 1.30 bits per heavy atom. The predicted molar refractivity (Wildman–Crippen MR) is 118 cm³/mol. The van der Waals surface area contributed by atoms with Crippen LogP contribution in [0.5, 0.6) is 0 Å². The van der Waals surface area contributed by atoms with E-state index in [9.17, 15) is 0 Å². The largest absolute Gasteiger partial charge is 0.385 e. The maximum absolute atomic E-state index is 5.15. The minimum atomic E-state index is 0.520. The summed E-state index contributed by atoms with van der Waals surface area (Å²) in [6, 6.07) is 9.05. The molecule has 1 aliphatic heterocycles. The summed E-state index contributed by atoms with van der Waals surface area (Å²) in [6.45, 7) is 8.18. The second-order valence-electron chi connectivity index (χ2n) is 7.10. The number of methoxy groups -OCH3 is 1. The molecule has 1 aromatic carbocycles. The zero-order valence-electron chi connectivity index (χ0n) is 16.8. The number of guanidine groups is 1. The third kappa shape index (κ3) is 9.08. The normalized spacial score (nSPS) is 16.5. The number of aryl methyl sites for hydroxylation is 1. The highest BCUT2D eigenvalue weighted by atomic mass is 79.9. The van der Waals surface area contributed by atoms with Crippen LogP contribution in [0.3, 0.4) is 0 Å². The molecule has 0 spiro atoms. The van der Waals surface area contributed by atoms with Crippen molar-refractivity contribution in [1.29, 1.82) is 0 Å². The number of benzene rings is 1. The maximum atomic E-state index is 5.15. The molecule has 27 heavy (non-hydrogen) atoms. The van der Waals surface area contributed by atoms with Crippen LogP contribution in [0.15, 0.2) is 33.7 Å². The van der Waals surface area contributed by atoms with Gasteiger partial charge in [0.25, 0.3) is 0 Å². The molecule has 0 bridgehead atoms. The molecule has 0 radical (unpaired) electrons. The van der Waals surface area contributed by atoms with Gasteiger partial charge >= 0.3 is 0 Å². The van der Waals surface area contributed by atoms with Crippen LogP contribution in [0, 0.1) is 0 Å². The molecule has 5 nitrogen and oxygen atoms in total. The van der Waals surface area contributed by atoms with Crippen molar-refractivity contribution in [3.05, 3.63) is 34.3 Å². The summed E-state index contributed by atoms with van der Waals surface area (Å²) in [5.74, 6) is 0.963. The number of nitrogens with zero attached hydrogens (tertiary/aromatic N) is 2. The predicted octanol–water partition coefficient (Wildman–Crippen LogP) is 3.44. The summed E-state index contributed by atoms with van der Waals surface area (Å²) in [5, 5.41) is 7.02. The van der Waals surface area contributed by atoms with Crippen molar-refractivity contribution in [2.24, 2.45) is 4.99 Å². The summed E-state index contributed by atoms with van der Waals surface area (Å²) < 4.78 is 6.29. The lowest BCUT2D eigenvalue weighted by Crippen LogP contribution is -2.48. The standard InChI is InChI=1S/C21H35BrN4O/c1-3-23-21(24-12-5-8-18-7-4-9-19(22)17-18)25-20-10-14-26(15-11-20)13-6-16-27-2/h4,7,9,17,20H,3,5-6,8,10-16H2,1-2H3,(H2,23,24,25). The van der Waals surface area contributed by atoms with Gasteiger partial charge in [-0.15, -0.1) is 0 Å². The molecule has 6 heteroatoms. The molecule has 0 unspecified atom stereocenters. The van der Waals surface area contributed by atoms with Gasteiger partial charge in [0.05, 0.1) is 0 Å². The van der Waals surface area contributed by atoms with Gasteiger partial charge in [0.2, 0.25) is 0 Å². The molecule has 0 aliphatic carbocycles. The van der Waals surface area contributed by atoms with Crippen LogP contribution in [-0.4, -0.2) is 63.3 Å². The minimum Gasteiger partial charge on any atom is -0.385 e. The molecule has 0 saturated carbocycles. The van der Waals surface area contributed by atoms with Crippen LogP contribution in [0.25, 0.3) is 0 Å². The molecular formula is C21H35BrN4O. The lowest BCUT2D eigenvalue weighted by molar-refractivity contribution is 0.155. The number of likely N-dealkylation sites (tertiary alicyclic amines) is 1. The fourth-order valence-corrected chi connectivity index (χ4v) is 3.86. The Hall–Kier alpha value is -1.11. The maximum Gasteiger partial charge on any atom is 0.191 e. The van der Waals surface area contributed by atoms with Gasteiger partial charge in [-0.2, -0.15) is 0 Å². The second kappa shape index (κ2) is 13.1. The average Bonchev–Trinajstić information content (AvgIpc) is 2.67. The summed E-state index contributed by atoms with van der Waals surface area (Å²) in [7, 11) is 1.77. The van der Waals surface area contributed by atoms with Crippen LogP contribution in [-0.2, 0) is 11.2 Å². The lowest BCUT2D eigenvalue weighted by Gasteiger charge is -2.33. The summed E-state index contributed by atoms with van der Waals surface area (Å²) in [4.78, 5) is 7.32. The first-order chi connectivity index (χ1) is 13.2. The van der Waals surface area contributed by atoms with Crippen molar-refractivity contribution >= 4 is 21.9 Å². The van der Waals surface area contributed by atoms with Gasteiger partial charge in [0.15, 0.2) is 5.96 Å². The van der Waals surface area contributed by atoms with Crippen LogP contribution < -0.4 is 10.6 Å². The Kier molecular flexibility index (Phi) is 10.8. The van der Waals surface area contributed by atoms with E-state index in [0.717, 1.165) is 69.0 Å². The zero-order chi connectivity index (χ0) is 19.3. The molecule has 1 heterocycles. The molecule has 2 N–H and O–H groups in total. The highest BCUT2D eigenvalue weighted by molar-refractivity contribution is 9.10. The number of hydrogen-bond acceptors (Lipinski definition) is 3. The number of ether oxygens (including phenoxy) is 1. The van der Waals surface area contributed by atoms with E-state index in [0.29, 0.717) is 6.04 Å². The van der Waals surface area contributed by atoms with Gasteiger partial charge in [-0.3, -0.25) is 4.99 Å². The number of rotatable bonds is 10. The fourth-order valence-electron chi connectivity index (χ4n) is 3.41. The first-order valence-corrected chi connectivity index (χ1v) is 11.0. The van der Waals surface area contributed by atoms with Gasteiger partial charge in [0, 0.05) is 57.0 Å². The van der Waals surface area contributed by atoms with Crippen molar-refractivity contribution < 1.29 is 4.74 Å². The molecule has 0 amide bonds. The molecule has 1 aromatic rings. The molecule has 0 atom stereocenters. The Balaban J connectivity index is 1.70. The Morgan fingerprint density at radius 3 is 2.81 bits per heavy atom. The van der Waals surface area contributed by atoms with E-state index in [-0.39, 0.29) is 0 Å². The highest BCUT2D eigenvalue weighted by Gasteiger charge is 2.19. The van der Waals surface area contributed by atoms with Crippen molar-refractivity contribution in [3.8, 4) is 0 Å². The van der Waals surface area contributed by atoms with Crippen molar-refractivity contribution in [2.75, 3.05) is 46.4 Å². The van der Waals surface area contributed by atoms with Gasteiger partial charge in [-0.05, 0) is 56.7 Å². The van der Waals surface area contributed by atoms with E-state index >= 15 is 0 Å². The minimum absolute atomic E-state index is 0.520. The second-order valence-corrected chi connectivity index (χ2v) is 8.02. The van der Waals surface area contributed by atoms with E-state index in [1.165, 1.54) is 18.4 Å². The topological polar surface area (TPSA) is 48.9 Å². The van der Waals surface area contributed by atoms with E-state index in [1.807, 2.05) is 0 Å². The van der Waals surface area contributed by atoms with Gasteiger partial charge < -0.3 is 20.3 Å². The van der Waals surface area contributed by atoms with Crippen LogP contribution in [0.4, 0.5) is 0 Å². The molecule has 1 fully saturated rings. The molecule has 0 aromatic heterocycles. The van der Waals surface area contributed by atoms with Gasteiger partial charge in [0.1, 0.15) is 0 Å². The third-order valence-electron chi connectivity index (χ3n) is 4.88. The van der Waals surface area contributed by atoms with Crippen molar-refractivity contribution in [1.82, 2.24) is 15.5 Å². The van der Waals surface area contributed by atoms with Crippen LogP contribution in [0.2, 0.25) is 0 Å². The number of halogens is 1. The summed E-state index contributed by atoms with van der Waals surface area (Å²) in [6.07, 6.45) is 5.59. The van der Waals surface area contributed by atoms with Crippen molar-refractivity contribution in [3.63, 3.8) is 0 Å². The fraction of sp³-hybridized carbons (Fsp3) is 0.667. The quantitative estimate of drug-likeness (QED) is 0.333. The monoisotopic (exact) mass is 438 g/mol. The first-order valence-electron chi connectivity index (χ1n) is 10.2. The van der Waals surface area contributed by atoms with Crippen LogP contribution in [0.1, 0.15) is 38.2 Å². The van der Waals surface area contributed by atoms with Gasteiger partial charge in [-0.25, -0.2) is 0 Å². The summed E-state index contributed by atoms with van der Waals surface area (Å²) in [5.41, 5.74) is 1.36. The summed E-state index contributed by atoms with van der Waals surface area (Å²) >= 11 is 3.53. The Bertz CT molecular complexity index is 559.